The second-order valence-corrected chi connectivity index (χ2v) is 8.83. The SMILES string of the molecule is Cn1ncc2cc(-c3ccn(-c4ccc5c(cnn5CCN5CCCC5)c4)c(=O)c3)ccc21. The van der Waals surface area contributed by atoms with Crippen LogP contribution in [0, 0.1) is 0 Å². The molecule has 5 aromatic rings. The number of hydrogen-bond donors (Lipinski definition) is 0. The molecule has 0 unspecified atom stereocenters. The molecule has 2 aromatic carbocycles. The fraction of sp³-hybridized carbons (Fsp3) is 0.269. The third-order valence-electron chi connectivity index (χ3n) is 6.73. The molecule has 0 N–H and O–H groups in total. The number of hydrogen-bond acceptors (Lipinski definition) is 4. The van der Waals surface area contributed by atoms with Crippen molar-refractivity contribution >= 4 is 21.8 Å². The quantitative estimate of drug-likeness (QED) is 0.418. The topological polar surface area (TPSA) is 60.9 Å². The third-order valence-corrected chi connectivity index (χ3v) is 6.73. The Labute approximate surface area is 191 Å². The van der Waals surface area contributed by atoms with Crippen molar-refractivity contribution in [3.63, 3.8) is 0 Å². The Bertz CT molecular complexity index is 1520. The molecule has 0 amide bonds. The highest BCUT2D eigenvalue weighted by molar-refractivity contribution is 5.84. The lowest BCUT2D eigenvalue weighted by Gasteiger charge is -2.14. The van der Waals surface area contributed by atoms with E-state index in [0.717, 1.165) is 51.7 Å². The van der Waals surface area contributed by atoms with Gasteiger partial charge in [-0.15, -0.1) is 0 Å². The van der Waals surface area contributed by atoms with Crippen LogP contribution in [-0.2, 0) is 13.6 Å². The van der Waals surface area contributed by atoms with E-state index in [-0.39, 0.29) is 5.56 Å². The van der Waals surface area contributed by atoms with E-state index in [9.17, 15) is 4.79 Å². The zero-order chi connectivity index (χ0) is 22.4. The summed E-state index contributed by atoms with van der Waals surface area (Å²) in [6.45, 7) is 4.31. The highest BCUT2D eigenvalue weighted by Gasteiger charge is 2.13. The molecule has 4 heterocycles. The van der Waals surface area contributed by atoms with Crippen LogP contribution in [0.5, 0.6) is 0 Å². The largest absolute Gasteiger partial charge is 0.301 e. The van der Waals surface area contributed by atoms with Crippen LogP contribution in [0.2, 0.25) is 0 Å². The monoisotopic (exact) mass is 438 g/mol. The fourth-order valence-corrected chi connectivity index (χ4v) is 4.86. The van der Waals surface area contributed by atoms with Crippen molar-refractivity contribution in [2.24, 2.45) is 7.05 Å². The van der Waals surface area contributed by atoms with Gasteiger partial charge in [0.25, 0.3) is 5.56 Å². The second kappa shape index (κ2) is 8.01. The molecule has 1 aliphatic heterocycles. The number of likely N-dealkylation sites (tertiary alicyclic amines) is 1. The van der Waals surface area contributed by atoms with Crippen molar-refractivity contribution in [3.05, 3.63) is 77.5 Å². The minimum Gasteiger partial charge on any atom is -0.301 e. The van der Waals surface area contributed by atoms with Gasteiger partial charge in [-0.1, -0.05) is 6.07 Å². The summed E-state index contributed by atoms with van der Waals surface area (Å²) >= 11 is 0. The molecule has 1 fully saturated rings. The zero-order valence-corrected chi connectivity index (χ0v) is 18.7. The van der Waals surface area contributed by atoms with Crippen molar-refractivity contribution in [2.45, 2.75) is 19.4 Å². The van der Waals surface area contributed by atoms with Crippen molar-refractivity contribution in [1.82, 2.24) is 29.0 Å². The van der Waals surface area contributed by atoms with Crippen LogP contribution < -0.4 is 5.56 Å². The predicted octanol–water partition coefficient (Wildman–Crippen LogP) is 3.84. The third kappa shape index (κ3) is 3.64. The lowest BCUT2D eigenvalue weighted by molar-refractivity contribution is 0.318. The number of fused-ring (bicyclic) bond motifs is 2. The standard InChI is InChI=1S/C26H26N6O/c1-29-24-6-4-19(14-21(24)17-27-29)20-8-11-31(26(33)16-20)23-5-7-25-22(15-23)18-28-32(25)13-12-30-9-2-3-10-30/h4-8,11,14-18H,2-3,9-10,12-13H2,1H3. The molecule has 0 aliphatic carbocycles. The van der Waals surface area contributed by atoms with E-state index in [1.54, 1.807) is 10.6 Å². The molecule has 166 valence electrons. The summed E-state index contributed by atoms with van der Waals surface area (Å²) in [7, 11) is 1.93. The first-order valence-corrected chi connectivity index (χ1v) is 11.5. The first-order valence-electron chi connectivity index (χ1n) is 11.5. The number of nitrogens with zero attached hydrogens (tertiary/aromatic N) is 6. The predicted molar refractivity (Wildman–Crippen MR) is 131 cm³/mol. The van der Waals surface area contributed by atoms with Gasteiger partial charge in [-0.05, 0) is 73.5 Å². The van der Waals surface area contributed by atoms with Gasteiger partial charge in [0.15, 0.2) is 0 Å². The van der Waals surface area contributed by atoms with Gasteiger partial charge in [0.05, 0.1) is 30.0 Å². The summed E-state index contributed by atoms with van der Waals surface area (Å²) in [6, 6.07) is 15.9. The van der Waals surface area contributed by atoms with Crippen LogP contribution in [-0.4, -0.2) is 48.7 Å². The van der Waals surface area contributed by atoms with Crippen LogP contribution in [0.15, 0.2) is 71.9 Å². The zero-order valence-electron chi connectivity index (χ0n) is 18.7. The molecule has 6 rings (SSSR count). The lowest BCUT2D eigenvalue weighted by Crippen LogP contribution is -2.24. The molecule has 0 radical (unpaired) electrons. The van der Waals surface area contributed by atoms with E-state index in [0.29, 0.717) is 0 Å². The Morgan fingerprint density at radius 1 is 0.818 bits per heavy atom. The van der Waals surface area contributed by atoms with Crippen molar-refractivity contribution in [1.29, 1.82) is 0 Å². The number of pyridine rings is 1. The number of benzene rings is 2. The van der Waals surface area contributed by atoms with Gasteiger partial charge in [-0.3, -0.25) is 18.7 Å². The molecule has 1 aliphatic rings. The lowest BCUT2D eigenvalue weighted by atomic mass is 10.1. The number of aromatic nitrogens is 5. The number of aryl methyl sites for hydroxylation is 1. The normalized spacial score (nSPS) is 14.6. The van der Waals surface area contributed by atoms with Crippen LogP contribution in [0.4, 0.5) is 0 Å². The Hall–Kier alpha value is -3.71. The Balaban J connectivity index is 1.28. The van der Waals surface area contributed by atoms with Gasteiger partial charge in [-0.25, -0.2) is 0 Å². The first kappa shape index (κ1) is 19.9. The summed E-state index contributed by atoms with van der Waals surface area (Å²) in [4.78, 5) is 15.5. The second-order valence-electron chi connectivity index (χ2n) is 8.83. The van der Waals surface area contributed by atoms with E-state index >= 15 is 0 Å². The maximum Gasteiger partial charge on any atom is 0.255 e. The molecule has 0 spiro atoms. The highest BCUT2D eigenvalue weighted by atomic mass is 16.1. The van der Waals surface area contributed by atoms with Crippen molar-refractivity contribution < 1.29 is 0 Å². The Kier molecular flexibility index (Phi) is 4.84. The van der Waals surface area contributed by atoms with E-state index < -0.39 is 0 Å². The minimum atomic E-state index is -0.0560. The van der Waals surface area contributed by atoms with Gasteiger partial charge in [-0.2, -0.15) is 10.2 Å². The average molecular weight is 439 g/mol. The van der Waals surface area contributed by atoms with E-state index in [2.05, 4.69) is 31.9 Å². The highest BCUT2D eigenvalue weighted by Crippen LogP contribution is 2.24. The molecular formula is C26H26N6O. The molecule has 33 heavy (non-hydrogen) atoms. The van der Waals surface area contributed by atoms with Gasteiger partial charge in [0.1, 0.15) is 0 Å². The first-order chi connectivity index (χ1) is 16.2. The van der Waals surface area contributed by atoms with Gasteiger partial charge in [0.2, 0.25) is 0 Å². The van der Waals surface area contributed by atoms with E-state index in [1.165, 1.54) is 25.9 Å². The van der Waals surface area contributed by atoms with Crippen molar-refractivity contribution in [2.75, 3.05) is 19.6 Å². The van der Waals surface area contributed by atoms with Gasteiger partial charge >= 0.3 is 0 Å². The summed E-state index contributed by atoms with van der Waals surface area (Å²) in [5, 5.41) is 11.0. The molecular weight excluding hydrogens is 412 g/mol. The van der Waals surface area contributed by atoms with Crippen LogP contribution >= 0.6 is 0 Å². The van der Waals surface area contributed by atoms with E-state index in [1.807, 2.05) is 60.7 Å². The van der Waals surface area contributed by atoms with E-state index in [4.69, 9.17) is 0 Å². The maximum atomic E-state index is 13.0. The molecule has 7 heteroatoms. The van der Waals surface area contributed by atoms with Gasteiger partial charge in [0, 0.05) is 42.3 Å². The minimum absolute atomic E-state index is 0.0560. The molecule has 7 nitrogen and oxygen atoms in total. The summed E-state index contributed by atoms with van der Waals surface area (Å²) in [5.74, 6) is 0. The summed E-state index contributed by atoms with van der Waals surface area (Å²) < 4.78 is 5.60. The van der Waals surface area contributed by atoms with Crippen LogP contribution in [0.1, 0.15) is 12.8 Å². The molecule has 3 aromatic heterocycles. The Morgan fingerprint density at radius 3 is 2.42 bits per heavy atom. The molecule has 0 atom stereocenters. The fourth-order valence-electron chi connectivity index (χ4n) is 4.86. The summed E-state index contributed by atoms with van der Waals surface area (Å²) in [6.07, 6.45) is 8.19. The molecule has 1 saturated heterocycles. The van der Waals surface area contributed by atoms with Crippen LogP contribution in [0.3, 0.4) is 0 Å². The smallest absolute Gasteiger partial charge is 0.255 e. The Morgan fingerprint density at radius 2 is 1.58 bits per heavy atom. The van der Waals surface area contributed by atoms with Crippen LogP contribution in [0.25, 0.3) is 38.6 Å². The number of rotatable bonds is 5. The summed E-state index contributed by atoms with van der Waals surface area (Å²) in [5.41, 5.74) is 4.88. The van der Waals surface area contributed by atoms with Crippen molar-refractivity contribution in [3.8, 4) is 16.8 Å². The molecule has 0 bridgehead atoms. The van der Waals surface area contributed by atoms with Gasteiger partial charge < -0.3 is 4.90 Å². The average Bonchev–Trinajstić information content (AvgIpc) is 3.57. The molecule has 0 saturated carbocycles. The maximum absolute atomic E-state index is 13.0.